The fourth-order valence-corrected chi connectivity index (χ4v) is 4.82. The number of aryl methyl sites for hydroxylation is 1. The Bertz CT molecular complexity index is 662. The Morgan fingerprint density at radius 2 is 2.21 bits per heavy atom. The molecule has 2 aromatic heterocycles. The first kappa shape index (κ1) is 16.0. The Balaban J connectivity index is 1.29. The van der Waals surface area contributed by atoms with Gasteiger partial charge in [0.1, 0.15) is 0 Å². The summed E-state index contributed by atoms with van der Waals surface area (Å²) in [6.07, 6.45) is 5.03. The molecule has 2 fully saturated rings. The summed E-state index contributed by atoms with van der Waals surface area (Å²) in [6.45, 7) is 7.27. The number of hydrogen-bond acceptors (Lipinski definition) is 6. The number of likely N-dealkylation sites (tertiary alicyclic amines) is 1. The van der Waals surface area contributed by atoms with Crippen molar-refractivity contribution in [1.29, 1.82) is 0 Å². The quantitative estimate of drug-likeness (QED) is 0.904. The molecular weight excluding hydrogens is 320 g/mol. The molecule has 0 unspecified atom stereocenters. The number of aromatic nitrogens is 2. The molecule has 3 atom stereocenters. The van der Waals surface area contributed by atoms with Gasteiger partial charge in [-0.3, -0.25) is 4.90 Å². The fourth-order valence-electron chi connectivity index (χ4n) is 3.89. The van der Waals surface area contributed by atoms with Crippen molar-refractivity contribution in [1.82, 2.24) is 14.9 Å². The highest BCUT2D eigenvalue weighted by atomic mass is 32.1. The first-order chi connectivity index (χ1) is 11.8. The van der Waals surface area contributed by atoms with Gasteiger partial charge in [0.2, 0.25) is 5.95 Å². The highest BCUT2D eigenvalue weighted by Gasteiger charge is 2.40. The standard InChI is InChI=1S/C18H24N4OS/c1-13-3-4-15(24-13)11-22-8-5-16-14(10-22)12-23-17(16)9-21-18-19-6-2-7-20-18/h2-4,6-7,14,16-17H,5,8-12H2,1H3,(H,19,20,21)/t14-,16-,17-/m1/s1. The third-order valence-electron chi connectivity index (χ3n) is 5.08. The molecule has 1 N–H and O–H groups in total. The Morgan fingerprint density at radius 3 is 3.00 bits per heavy atom. The number of piperidine rings is 1. The van der Waals surface area contributed by atoms with Crippen LogP contribution in [0, 0.1) is 18.8 Å². The van der Waals surface area contributed by atoms with Crippen LogP contribution in [0.3, 0.4) is 0 Å². The first-order valence-corrected chi connectivity index (χ1v) is 9.50. The Hall–Kier alpha value is -1.50. The second kappa shape index (κ2) is 7.17. The highest BCUT2D eigenvalue weighted by molar-refractivity contribution is 7.11. The van der Waals surface area contributed by atoms with E-state index in [0.29, 0.717) is 17.8 Å². The molecule has 2 aromatic rings. The molecule has 0 bridgehead atoms. The van der Waals surface area contributed by atoms with Crippen LogP contribution in [0.25, 0.3) is 0 Å². The van der Waals surface area contributed by atoms with Gasteiger partial charge in [-0.2, -0.15) is 0 Å². The summed E-state index contributed by atoms with van der Waals surface area (Å²) in [4.78, 5) is 13.9. The average molecular weight is 344 g/mol. The topological polar surface area (TPSA) is 50.3 Å². The van der Waals surface area contributed by atoms with Crippen molar-refractivity contribution in [2.24, 2.45) is 11.8 Å². The van der Waals surface area contributed by atoms with Crippen LogP contribution in [0.4, 0.5) is 5.95 Å². The zero-order valence-electron chi connectivity index (χ0n) is 14.0. The summed E-state index contributed by atoms with van der Waals surface area (Å²) in [5.74, 6) is 2.00. The van der Waals surface area contributed by atoms with Crippen LogP contribution in [0.1, 0.15) is 16.2 Å². The molecule has 5 nitrogen and oxygen atoms in total. The molecule has 0 saturated carbocycles. The lowest BCUT2D eigenvalue weighted by molar-refractivity contribution is 0.0947. The van der Waals surface area contributed by atoms with E-state index in [4.69, 9.17) is 4.74 Å². The number of hydrogen-bond donors (Lipinski definition) is 1. The number of rotatable bonds is 5. The van der Waals surface area contributed by atoms with Crippen LogP contribution in [0.5, 0.6) is 0 Å². The minimum absolute atomic E-state index is 0.282. The van der Waals surface area contributed by atoms with Gasteiger partial charge in [0, 0.05) is 47.7 Å². The van der Waals surface area contributed by atoms with E-state index < -0.39 is 0 Å². The van der Waals surface area contributed by atoms with Gasteiger partial charge in [-0.05, 0) is 44.0 Å². The maximum Gasteiger partial charge on any atom is 0.222 e. The Labute approximate surface area is 147 Å². The molecule has 2 aliphatic rings. The van der Waals surface area contributed by atoms with Gasteiger partial charge in [0.05, 0.1) is 12.7 Å². The monoisotopic (exact) mass is 344 g/mol. The van der Waals surface area contributed by atoms with Gasteiger partial charge in [0.25, 0.3) is 0 Å². The molecule has 0 amide bonds. The summed E-state index contributed by atoms with van der Waals surface area (Å²) in [5.41, 5.74) is 0. The van der Waals surface area contributed by atoms with Gasteiger partial charge in [-0.15, -0.1) is 11.3 Å². The maximum atomic E-state index is 6.08. The van der Waals surface area contributed by atoms with E-state index >= 15 is 0 Å². The second-order valence-electron chi connectivity index (χ2n) is 6.79. The first-order valence-electron chi connectivity index (χ1n) is 8.68. The molecule has 4 rings (SSSR count). The van der Waals surface area contributed by atoms with Gasteiger partial charge in [-0.1, -0.05) is 0 Å². The van der Waals surface area contributed by atoms with Crippen molar-refractivity contribution in [3.63, 3.8) is 0 Å². The summed E-state index contributed by atoms with van der Waals surface area (Å²) in [5, 5.41) is 3.31. The second-order valence-corrected chi connectivity index (χ2v) is 8.16. The summed E-state index contributed by atoms with van der Waals surface area (Å²) in [7, 11) is 0. The fraction of sp³-hybridized carbons (Fsp3) is 0.556. The molecule has 6 heteroatoms. The molecule has 2 saturated heterocycles. The van der Waals surface area contributed by atoms with E-state index in [0.717, 1.165) is 26.2 Å². The van der Waals surface area contributed by atoms with E-state index in [1.807, 2.05) is 17.4 Å². The molecule has 0 radical (unpaired) electrons. The van der Waals surface area contributed by atoms with Crippen LogP contribution in [0.2, 0.25) is 0 Å². The van der Waals surface area contributed by atoms with E-state index in [1.165, 1.54) is 22.7 Å². The van der Waals surface area contributed by atoms with Crippen molar-refractivity contribution >= 4 is 17.3 Å². The molecule has 0 aliphatic carbocycles. The third kappa shape index (κ3) is 3.61. The van der Waals surface area contributed by atoms with Gasteiger partial charge >= 0.3 is 0 Å². The van der Waals surface area contributed by atoms with Crippen molar-refractivity contribution in [3.05, 3.63) is 40.3 Å². The number of thiophene rings is 1. The zero-order chi connectivity index (χ0) is 16.4. The molecular formula is C18H24N4OS. The van der Waals surface area contributed by atoms with Crippen molar-refractivity contribution in [2.75, 3.05) is 31.6 Å². The SMILES string of the molecule is Cc1ccc(CN2CC[C@@H]3[C@@H](CO[C@@H]3CNc3ncccn3)C2)s1. The van der Waals surface area contributed by atoms with Crippen molar-refractivity contribution in [3.8, 4) is 0 Å². The van der Waals surface area contributed by atoms with E-state index in [2.05, 4.69) is 39.2 Å². The van der Waals surface area contributed by atoms with Crippen molar-refractivity contribution < 1.29 is 4.74 Å². The van der Waals surface area contributed by atoms with Crippen LogP contribution < -0.4 is 5.32 Å². The van der Waals surface area contributed by atoms with Crippen LogP contribution in [0.15, 0.2) is 30.6 Å². The normalized spacial score (nSPS) is 27.1. The van der Waals surface area contributed by atoms with Crippen LogP contribution >= 0.6 is 11.3 Å². The number of fused-ring (bicyclic) bond motifs is 1. The smallest absolute Gasteiger partial charge is 0.222 e. The third-order valence-corrected chi connectivity index (χ3v) is 6.07. The Kier molecular flexibility index (Phi) is 4.78. The highest BCUT2D eigenvalue weighted by Crippen LogP contribution is 2.35. The minimum Gasteiger partial charge on any atom is -0.376 e. The van der Waals surface area contributed by atoms with Crippen molar-refractivity contribution in [2.45, 2.75) is 26.0 Å². The van der Waals surface area contributed by atoms with Gasteiger partial charge in [-0.25, -0.2) is 9.97 Å². The molecule has 0 spiro atoms. The summed E-state index contributed by atoms with van der Waals surface area (Å²) >= 11 is 1.92. The number of ether oxygens (including phenoxy) is 1. The minimum atomic E-state index is 0.282. The predicted molar refractivity (Wildman–Crippen MR) is 96.2 cm³/mol. The summed E-state index contributed by atoms with van der Waals surface area (Å²) < 4.78 is 6.08. The molecule has 2 aliphatic heterocycles. The molecule has 128 valence electrons. The van der Waals surface area contributed by atoms with E-state index in [-0.39, 0.29) is 6.10 Å². The predicted octanol–water partition coefficient (Wildman–Crippen LogP) is 2.80. The number of nitrogens with zero attached hydrogens (tertiary/aromatic N) is 3. The van der Waals surface area contributed by atoms with Gasteiger partial charge < -0.3 is 10.1 Å². The maximum absolute atomic E-state index is 6.08. The lowest BCUT2D eigenvalue weighted by atomic mass is 9.84. The molecule has 24 heavy (non-hydrogen) atoms. The van der Waals surface area contributed by atoms with E-state index in [1.54, 1.807) is 12.4 Å². The van der Waals surface area contributed by atoms with E-state index in [9.17, 15) is 0 Å². The number of anilines is 1. The lowest BCUT2D eigenvalue weighted by Gasteiger charge is -2.35. The molecule has 0 aromatic carbocycles. The molecule has 4 heterocycles. The van der Waals surface area contributed by atoms with Crippen LogP contribution in [-0.2, 0) is 11.3 Å². The zero-order valence-corrected chi connectivity index (χ0v) is 14.8. The van der Waals surface area contributed by atoms with Crippen LogP contribution in [-0.4, -0.2) is 47.2 Å². The van der Waals surface area contributed by atoms with Gasteiger partial charge in [0.15, 0.2) is 0 Å². The Morgan fingerprint density at radius 1 is 1.33 bits per heavy atom. The largest absolute Gasteiger partial charge is 0.376 e. The number of nitrogens with one attached hydrogen (secondary N) is 1. The lowest BCUT2D eigenvalue weighted by Crippen LogP contribution is -2.42. The average Bonchev–Trinajstić information content (AvgIpc) is 3.20. The summed E-state index contributed by atoms with van der Waals surface area (Å²) in [6, 6.07) is 6.32.